The molecule has 2 aromatic carbocycles. The fourth-order valence-electron chi connectivity index (χ4n) is 2.14. The van der Waals surface area contributed by atoms with Crippen LogP contribution in [0.1, 0.15) is 36.7 Å². The maximum Gasteiger partial charge on any atom is 0.251 e. The minimum atomic E-state index is -0.142. The largest absolute Gasteiger partial charge is 0.348 e. The second-order valence-corrected chi connectivity index (χ2v) is 6.90. The van der Waals surface area contributed by atoms with Crippen LogP contribution < -0.4 is 16.0 Å². The summed E-state index contributed by atoms with van der Waals surface area (Å²) in [6.07, 6.45) is 0. The minimum Gasteiger partial charge on any atom is -0.348 e. The molecule has 0 spiro atoms. The third-order valence-corrected chi connectivity index (χ3v) is 3.51. The Balaban J connectivity index is 1.84. The third-order valence-electron chi connectivity index (χ3n) is 3.51. The molecule has 2 aromatic rings. The van der Waals surface area contributed by atoms with Gasteiger partial charge in [-0.25, -0.2) is 0 Å². The quantitative estimate of drug-likeness (QED) is 0.758. The van der Waals surface area contributed by atoms with Crippen LogP contribution in [0.25, 0.3) is 0 Å². The number of rotatable bonds is 6. The van der Waals surface area contributed by atoms with Gasteiger partial charge in [-0.05, 0) is 50.6 Å². The van der Waals surface area contributed by atoms with E-state index in [1.165, 1.54) is 0 Å². The monoisotopic (exact) mass is 339 g/mol. The van der Waals surface area contributed by atoms with Crippen molar-refractivity contribution < 1.29 is 9.59 Å². The smallest absolute Gasteiger partial charge is 0.251 e. The second-order valence-electron chi connectivity index (χ2n) is 6.90. The van der Waals surface area contributed by atoms with Gasteiger partial charge in [0.25, 0.3) is 5.91 Å². The summed E-state index contributed by atoms with van der Waals surface area (Å²) in [5, 5.41) is 8.81. The number of amides is 2. The Hall–Kier alpha value is -2.66. The molecule has 0 bridgehead atoms. The number of hydrogen-bond acceptors (Lipinski definition) is 3. The molecule has 0 saturated carbocycles. The van der Waals surface area contributed by atoms with Crippen molar-refractivity contribution in [2.45, 2.75) is 32.9 Å². The molecule has 0 heterocycles. The summed E-state index contributed by atoms with van der Waals surface area (Å²) in [6, 6.07) is 16.6. The summed E-state index contributed by atoms with van der Waals surface area (Å²) in [5.41, 5.74) is 2.16. The van der Waals surface area contributed by atoms with Crippen LogP contribution in [-0.4, -0.2) is 23.9 Å². The van der Waals surface area contributed by atoms with Gasteiger partial charge in [0, 0.05) is 23.3 Å². The Morgan fingerprint density at radius 2 is 1.56 bits per heavy atom. The molecule has 0 unspecified atom stereocenters. The van der Waals surface area contributed by atoms with Crippen molar-refractivity contribution in [1.82, 2.24) is 10.6 Å². The van der Waals surface area contributed by atoms with E-state index in [2.05, 4.69) is 16.0 Å². The molecule has 0 radical (unpaired) electrons. The molecule has 5 nitrogen and oxygen atoms in total. The van der Waals surface area contributed by atoms with Crippen LogP contribution in [-0.2, 0) is 11.3 Å². The van der Waals surface area contributed by atoms with E-state index < -0.39 is 0 Å². The maximum absolute atomic E-state index is 12.2. The molecular weight excluding hydrogens is 314 g/mol. The highest BCUT2D eigenvalue weighted by atomic mass is 16.2. The SMILES string of the molecule is CC(C)(C)NCC(=O)Nc1ccc(C(=O)NCc2ccccc2)cc1. The molecule has 0 aliphatic heterocycles. The molecule has 5 heteroatoms. The van der Waals surface area contributed by atoms with Crippen molar-refractivity contribution in [1.29, 1.82) is 0 Å². The molecule has 0 aromatic heterocycles. The summed E-state index contributed by atoms with van der Waals surface area (Å²) in [6.45, 7) is 6.73. The Kier molecular flexibility index (Phi) is 6.31. The van der Waals surface area contributed by atoms with E-state index in [0.29, 0.717) is 17.8 Å². The summed E-state index contributed by atoms with van der Waals surface area (Å²) >= 11 is 0. The molecule has 3 N–H and O–H groups in total. The highest BCUT2D eigenvalue weighted by molar-refractivity contribution is 5.96. The summed E-state index contributed by atoms with van der Waals surface area (Å²) in [4.78, 5) is 24.0. The number of hydrogen-bond donors (Lipinski definition) is 3. The molecule has 0 atom stereocenters. The van der Waals surface area contributed by atoms with Gasteiger partial charge in [-0.1, -0.05) is 30.3 Å². The zero-order chi connectivity index (χ0) is 18.3. The van der Waals surface area contributed by atoms with E-state index in [0.717, 1.165) is 5.56 Å². The predicted molar refractivity (Wildman–Crippen MR) is 100 cm³/mol. The van der Waals surface area contributed by atoms with Crippen LogP contribution >= 0.6 is 0 Å². The molecule has 2 rings (SSSR count). The summed E-state index contributed by atoms with van der Waals surface area (Å²) in [5.74, 6) is -0.257. The van der Waals surface area contributed by atoms with Gasteiger partial charge in [0.2, 0.25) is 5.91 Å². The van der Waals surface area contributed by atoms with Gasteiger partial charge < -0.3 is 16.0 Å². The standard InChI is InChI=1S/C20H25N3O2/c1-20(2,3)22-14-18(24)23-17-11-9-16(10-12-17)19(25)21-13-15-7-5-4-6-8-15/h4-12,22H,13-14H2,1-3H3,(H,21,25)(H,23,24). The summed E-state index contributed by atoms with van der Waals surface area (Å²) < 4.78 is 0. The molecule has 25 heavy (non-hydrogen) atoms. The van der Waals surface area contributed by atoms with E-state index in [1.54, 1.807) is 24.3 Å². The van der Waals surface area contributed by atoms with Crippen LogP contribution in [0.15, 0.2) is 54.6 Å². The topological polar surface area (TPSA) is 70.2 Å². The fourth-order valence-corrected chi connectivity index (χ4v) is 2.14. The number of anilines is 1. The van der Waals surface area contributed by atoms with E-state index in [-0.39, 0.29) is 23.9 Å². The van der Waals surface area contributed by atoms with Crippen molar-refractivity contribution in [2.75, 3.05) is 11.9 Å². The molecule has 0 fully saturated rings. The van der Waals surface area contributed by atoms with Gasteiger partial charge in [0.1, 0.15) is 0 Å². The van der Waals surface area contributed by atoms with Crippen molar-refractivity contribution in [2.24, 2.45) is 0 Å². The Morgan fingerprint density at radius 1 is 0.920 bits per heavy atom. The van der Waals surface area contributed by atoms with Gasteiger partial charge in [-0.3, -0.25) is 9.59 Å². The van der Waals surface area contributed by atoms with Gasteiger partial charge in [-0.2, -0.15) is 0 Å². The first-order valence-electron chi connectivity index (χ1n) is 8.30. The Bertz CT molecular complexity index is 704. The van der Waals surface area contributed by atoms with E-state index in [9.17, 15) is 9.59 Å². The van der Waals surface area contributed by atoms with Crippen LogP contribution in [0.4, 0.5) is 5.69 Å². The van der Waals surface area contributed by atoms with Gasteiger partial charge in [-0.15, -0.1) is 0 Å². The van der Waals surface area contributed by atoms with Crippen molar-refractivity contribution in [3.05, 3.63) is 65.7 Å². The summed E-state index contributed by atoms with van der Waals surface area (Å²) in [7, 11) is 0. The lowest BCUT2D eigenvalue weighted by molar-refractivity contribution is -0.115. The lowest BCUT2D eigenvalue weighted by Crippen LogP contribution is -2.41. The van der Waals surface area contributed by atoms with Crippen molar-refractivity contribution in [3.63, 3.8) is 0 Å². The second kappa shape index (κ2) is 8.44. The first-order chi connectivity index (χ1) is 11.8. The first kappa shape index (κ1) is 18.7. The lowest BCUT2D eigenvalue weighted by Gasteiger charge is -2.20. The number of carbonyl (C=O) groups excluding carboxylic acids is 2. The zero-order valence-electron chi connectivity index (χ0n) is 14.9. The van der Waals surface area contributed by atoms with Crippen molar-refractivity contribution in [3.8, 4) is 0 Å². The minimum absolute atomic E-state index is 0.113. The fraction of sp³-hybridized carbons (Fsp3) is 0.300. The first-order valence-corrected chi connectivity index (χ1v) is 8.30. The number of nitrogens with one attached hydrogen (secondary N) is 3. The van der Waals surface area contributed by atoms with Gasteiger partial charge in [0.05, 0.1) is 6.54 Å². The average Bonchev–Trinajstić information content (AvgIpc) is 2.59. The van der Waals surface area contributed by atoms with Crippen LogP contribution in [0.5, 0.6) is 0 Å². The molecule has 0 aliphatic rings. The Labute approximate surface area is 148 Å². The molecule has 2 amide bonds. The number of carbonyl (C=O) groups is 2. The normalized spacial score (nSPS) is 11.0. The van der Waals surface area contributed by atoms with Crippen LogP contribution in [0.3, 0.4) is 0 Å². The van der Waals surface area contributed by atoms with E-state index in [4.69, 9.17) is 0 Å². The molecule has 0 saturated heterocycles. The lowest BCUT2D eigenvalue weighted by atomic mass is 10.1. The van der Waals surface area contributed by atoms with Crippen LogP contribution in [0.2, 0.25) is 0 Å². The zero-order valence-corrected chi connectivity index (χ0v) is 14.9. The van der Waals surface area contributed by atoms with Gasteiger partial charge in [0.15, 0.2) is 0 Å². The maximum atomic E-state index is 12.2. The highest BCUT2D eigenvalue weighted by Gasteiger charge is 2.11. The average molecular weight is 339 g/mol. The van der Waals surface area contributed by atoms with Crippen molar-refractivity contribution >= 4 is 17.5 Å². The highest BCUT2D eigenvalue weighted by Crippen LogP contribution is 2.10. The van der Waals surface area contributed by atoms with E-state index in [1.807, 2.05) is 51.1 Å². The van der Waals surface area contributed by atoms with E-state index >= 15 is 0 Å². The van der Waals surface area contributed by atoms with Gasteiger partial charge >= 0.3 is 0 Å². The number of benzene rings is 2. The Morgan fingerprint density at radius 3 is 2.16 bits per heavy atom. The predicted octanol–water partition coefficient (Wildman–Crippen LogP) is 2.94. The third kappa shape index (κ3) is 6.77. The molecular formula is C20H25N3O2. The van der Waals surface area contributed by atoms with Crippen LogP contribution in [0, 0.1) is 0 Å². The molecule has 0 aliphatic carbocycles. The molecule has 132 valence electrons.